The zero-order valence-electron chi connectivity index (χ0n) is 9.98. The van der Waals surface area contributed by atoms with E-state index in [1.807, 2.05) is 23.9 Å². The molecule has 2 atom stereocenters. The van der Waals surface area contributed by atoms with Crippen LogP contribution in [-0.4, -0.2) is 40.8 Å². The van der Waals surface area contributed by atoms with Crippen molar-refractivity contribution in [1.82, 2.24) is 4.90 Å². The van der Waals surface area contributed by atoms with Crippen molar-refractivity contribution in [2.75, 3.05) is 18.8 Å². The molecule has 0 spiro atoms. The molecule has 2 rings (SSSR count). The molecule has 1 aliphatic heterocycles. The van der Waals surface area contributed by atoms with Gasteiger partial charge >= 0.3 is 0 Å². The van der Waals surface area contributed by atoms with Crippen molar-refractivity contribution in [3.63, 3.8) is 0 Å². The van der Waals surface area contributed by atoms with Gasteiger partial charge in [-0.05, 0) is 35.0 Å². The smallest absolute Gasteiger partial charge is 0.186 e. The maximum atomic E-state index is 12.1. The standard InChI is InChI=1S/C12H16BrNOS2/c1-8-9(2)16-6-5-14(8)7-10(15)11-3-4-12(13)17-11/h3-4,8-9H,5-7H2,1-2H3. The van der Waals surface area contributed by atoms with Gasteiger partial charge in [0.1, 0.15) is 0 Å². The molecule has 0 bridgehead atoms. The van der Waals surface area contributed by atoms with Gasteiger partial charge in [0, 0.05) is 23.6 Å². The van der Waals surface area contributed by atoms with E-state index in [2.05, 4.69) is 34.7 Å². The highest BCUT2D eigenvalue weighted by Crippen LogP contribution is 2.26. The van der Waals surface area contributed by atoms with Crippen molar-refractivity contribution in [2.45, 2.75) is 25.1 Å². The molecule has 0 aliphatic carbocycles. The highest BCUT2D eigenvalue weighted by Gasteiger charge is 2.27. The summed E-state index contributed by atoms with van der Waals surface area (Å²) in [5.74, 6) is 1.37. The number of hydrogen-bond donors (Lipinski definition) is 0. The minimum Gasteiger partial charge on any atom is -0.292 e. The number of ketones is 1. The zero-order valence-corrected chi connectivity index (χ0v) is 13.2. The minimum absolute atomic E-state index is 0.242. The molecule has 17 heavy (non-hydrogen) atoms. The molecular formula is C12H16BrNOS2. The van der Waals surface area contributed by atoms with Crippen LogP contribution >= 0.6 is 39.0 Å². The average molecular weight is 334 g/mol. The number of thioether (sulfide) groups is 1. The lowest BCUT2D eigenvalue weighted by atomic mass is 10.2. The molecule has 0 radical (unpaired) electrons. The van der Waals surface area contributed by atoms with E-state index in [9.17, 15) is 4.79 Å². The minimum atomic E-state index is 0.242. The van der Waals surface area contributed by atoms with Crippen LogP contribution in [0.25, 0.3) is 0 Å². The van der Waals surface area contributed by atoms with Gasteiger partial charge in [0.15, 0.2) is 5.78 Å². The van der Waals surface area contributed by atoms with Crippen LogP contribution in [0.2, 0.25) is 0 Å². The second-order valence-electron chi connectivity index (χ2n) is 4.31. The SMILES string of the molecule is CC1SCCN(CC(=O)c2ccc(Br)s2)C1C. The van der Waals surface area contributed by atoms with E-state index >= 15 is 0 Å². The summed E-state index contributed by atoms with van der Waals surface area (Å²) in [6.07, 6.45) is 0. The number of Topliss-reactive ketones (excluding diaryl/α,β-unsaturated/α-hetero) is 1. The fraction of sp³-hybridized carbons (Fsp3) is 0.583. The van der Waals surface area contributed by atoms with E-state index < -0.39 is 0 Å². The summed E-state index contributed by atoms with van der Waals surface area (Å²) < 4.78 is 1.02. The van der Waals surface area contributed by atoms with Crippen molar-refractivity contribution in [1.29, 1.82) is 0 Å². The molecule has 0 saturated carbocycles. The number of halogens is 1. The Kier molecular flexibility index (Phi) is 4.69. The van der Waals surface area contributed by atoms with Crippen molar-refractivity contribution in [3.8, 4) is 0 Å². The van der Waals surface area contributed by atoms with Crippen molar-refractivity contribution in [2.24, 2.45) is 0 Å². The number of carbonyl (C=O) groups is 1. The summed E-state index contributed by atoms with van der Waals surface area (Å²) in [6, 6.07) is 4.33. The first kappa shape index (κ1) is 13.6. The van der Waals surface area contributed by atoms with Gasteiger partial charge in [-0.15, -0.1) is 11.3 Å². The van der Waals surface area contributed by atoms with Crippen LogP contribution in [0.5, 0.6) is 0 Å². The molecule has 5 heteroatoms. The maximum Gasteiger partial charge on any atom is 0.186 e. The van der Waals surface area contributed by atoms with Crippen LogP contribution in [0.1, 0.15) is 23.5 Å². The second-order valence-corrected chi connectivity index (χ2v) is 8.26. The number of carbonyl (C=O) groups excluding carboxylic acids is 1. The normalized spacial score (nSPS) is 26.1. The van der Waals surface area contributed by atoms with Gasteiger partial charge in [0.05, 0.1) is 15.2 Å². The Hall–Kier alpha value is 0.160. The number of rotatable bonds is 3. The summed E-state index contributed by atoms with van der Waals surface area (Å²) in [5.41, 5.74) is 0. The van der Waals surface area contributed by atoms with Crippen LogP contribution < -0.4 is 0 Å². The van der Waals surface area contributed by atoms with Crippen LogP contribution in [0.15, 0.2) is 15.9 Å². The maximum absolute atomic E-state index is 12.1. The van der Waals surface area contributed by atoms with Gasteiger partial charge in [-0.1, -0.05) is 6.92 Å². The van der Waals surface area contributed by atoms with Gasteiger partial charge in [0.2, 0.25) is 0 Å². The summed E-state index contributed by atoms with van der Waals surface area (Å²) in [7, 11) is 0. The van der Waals surface area contributed by atoms with E-state index in [1.165, 1.54) is 11.3 Å². The van der Waals surface area contributed by atoms with E-state index in [0.717, 1.165) is 21.0 Å². The molecule has 1 aromatic rings. The molecular weight excluding hydrogens is 318 g/mol. The number of hydrogen-bond acceptors (Lipinski definition) is 4. The molecule has 1 fully saturated rings. The van der Waals surface area contributed by atoms with Gasteiger partial charge in [-0.3, -0.25) is 9.69 Å². The Morgan fingerprint density at radius 2 is 2.29 bits per heavy atom. The lowest BCUT2D eigenvalue weighted by Crippen LogP contribution is -2.46. The quantitative estimate of drug-likeness (QED) is 0.789. The lowest BCUT2D eigenvalue weighted by molar-refractivity contribution is 0.0906. The first-order valence-electron chi connectivity index (χ1n) is 5.72. The molecule has 1 saturated heterocycles. The largest absolute Gasteiger partial charge is 0.292 e. The van der Waals surface area contributed by atoms with Crippen LogP contribution in [-0.2, 0) is 0 Å². The van der Waals surface area contributed by atoms with E-state index in [1.54, 1.807) is 0 Å². The Labute approximate surface area is 119 Å². The van der Waals surface area contributed by atoms with Gasteiger partial charge in [-0.25, -0.2) is 0 Å². The number of thiophene rings is 1. The third kappa shape index (κ3) is 3.34. The highest BCUT2D eigenvalue weighted by molar-refractivity contribution is 9.11. The summed E-state index contributed by atoms with van der Waals surface area (Å²) in [5, 5.41) is 0.617. The lowest BCUT2D eigenvalue weighted by Gasteiger charge is -2.36. The average Bonchev–Trinajstić information content (AvgIpc) is 2.72. The Morgan fingerprint density at radius 1 is 1.53 bits per heavy atom. The van der Waals surface area contributed by atoms with Gasteiger partial charge in [-0.2, -0.15) is 11.8 Å². The van der Waals surface area contributed by atoms with Crippen molar-refractivity contribution >= 4 is 44.8 Å². The molecule has 1 aliphatic rings. The van der Waals surface area contributed by atoms with E-state index in [0.29, 0.717) is 17.8 Å². The number of nitrogens with zero attached hydrogens (tertiary/aromatic N) is 1. The highest BCUT2D eigenvalue weighted by atomic mass is 79.9. The van der Waals surface area contributed by atoms with Crippen LogP contribution in [0, 0.1) is 0 Å². The molecule has 2 heterocycles. The Bertz CT molecular complexity index is 407. The fourth-order valence-electron chi connectivity index (χ4n) is 1.95. The predicted octanol–water partition coefficient (Wildman–Crippen LogP) is 3.52. The van der Waals surface area contributed by atoms with E-state index in [4.69, 9.17) is 0 Å². The third-order valence-corrected chi connectivity index (χ3v) is 6.21. The van der Waals surface area contributed by atoms with Gasteiger partial charge < -0.3 is 0 Å². The van der Waals surface area contributed by atoms with Gasteiger partial charge in [0.25, 0.3) is 0 Å². The first-order valence-corrected chi connectivity index (χ1v) is 8.38. The van der Waals surface area contributed by atoms with Crippen LogP contribution in [0.3, 0.4) is 0 Å². The third-order valence-electron chi connectivity index (χ3n) is 3.21. The van der Waals surface area contributed by atoms with Crippen molar-refractivity contribution in [3.05, 3.63) is 20.8 Å². The molecule has 0 amide bonds. The van der Waals surface area contributed by atoms with Crippen LogP contribution in [0.4, 0.5) is 0 Å². The second kappa shape index (κ2) is 5.87. The first-order chi connectivity index (χ1) is 8.08. The summed E-state index contributed by atoms with van der Waals surface area (Å²) in [4.78, 5) is 15.3. The summed E-state index contributed by atoms with van der Waals surface area (Å²) in [6.45, 7) is 6.04. The van der Waals surface area contributed by atoms with E-state index in [-0.39, 0.29) is 5.78 Å². The molecule has 1 aromatic heterocycles. The van der Waals surface area contributed by atoms with Crippen molar-refractivity contribution < 1.29 is 4.79 Å². The Morgan fingerprint density at radius 3 is 2.94 bits per heavy atom. The molecule has 2 nitrogen and oxygen atoms in total. The predicted molar refractivity (Wildman–Crippen MR) is 79.3 cm³/mol. The molecule has 94 valence electrons. The molecule has 0 N–H and O–H groups in total. The topological polar surface area (TPSA) is 20.3 Å². The summed E-state index contributed by atoms with van der Waals surface area (Å²) >= 11 is 6.92. The molecule has 0 aromatic carbocycles. The fourth-order valence-corrected chi connectivity index (χ4v) is 4.42. The zero-order chi connectivity index (χ0) is 12.4. The molecule has 2 unspecified atom stereocenters. The monoisotopic (exact) mass is 333 g/mol. The Balaban J connectivity index is 1.98.